The molecule has 0 aliphatic rings. The molecule has 0 aliphatic heterocycles. The number of thiazole rings is 1. The molecule has 0 atom stereocenters. The standard InChI is InChI=1S/C19H17N5OS/c1-24-16-10-6-5-9-14(16)21-18(24)23-19-22-15(12-26-19)17(25)20-11-13-7-3-2-4-8-13/h2-10,12H,11H2,1H3,(H,20,25)(H,21,22,23). The first-order valence-electron chi connectivity index (χ1n) is 8.17. The number of amides is 1. The Hall–Kier alpha value is -3.19. The van der Waals surface area contributed by atoms with E-state index in [1.165, 1.54) is 11.3 Å². The Morgan fingerprint density at radius 2 is 1.85 bits per heavy atom. The molecular formula is C19H17N5OS. The Morgan fingerprint density at radius 3 is 2.65 bits per heavy atom. The first kappa shape index (κ1) is 16.3. The van der Waals surface area contributed by atoms with Crippen molar-refractivity contribution in [1.29, 1.82) is 0 Å². The number of hydrogen-bond acceptors (Lipinski definition) is 5. The van der Waals surface area contributed by atoms with Crippen molar-refractivity contribution in [1.82, 2.24) is 19.9 Å². The molecule has 130 valence electrons. The van der Waals surface area contributed by atoms with E-state index in [0.717, 1.165) is 16.6 Å². The van der Waals surface area contributed by atoms with Crippen LogP contribution in [0.5, 0.6) is 0 Å². The molecule has 6 nitrogen and oxygen atoms in total. The van der Waals surface area contributed by atoms with Crippen molar-refractivity contribution in [2.24, 2.45) is 7.05 Å². The van der Waals surface area contributed by atoms with Gasteiger partial charge in [-0.25, -0.2) is 9.97 Å². The quantitative estimate of drug-likeness (QED) is 0.567. The smallest absolute Gasteiger partial charge is 0.271 e. The number of carbonyl (C=O) groups is 1. The molecule has 0 saturated carbocycles. The van der Waals surface area contributed by atoms with Gasteiger partial charge in [-0.3, -0.25) is 4.79 Å². The molecule has 0 aliphatic carbocycles. The van der Waals surface area contributed by atoms with Crippen molar-refractivity contribution in [2.75, 3.05) is 5.32 Å². The maximum Gasteiger partial charge on any atom is 0.271 e. The van der Waals surface area contributed by atoms with Crippen LogP contribution in [0.4, 0.5) is 11.1 Å². The number of anilines is 2. The molecular weight excluding hydrogens is 346 g/mol. The van der Waals surface area contributed by atoms with Gasteiger partial charge in [-0.2, -0.15) is 0 Å². The summed E-state index contributed by atoms with van der Waals surface area (Å²) in [6.07, 6.45) is 0. The minimum absolute atomic E-state index is 0.192. The average molecular weight is 363 g/mol. The molecule has 2 aromatic carbocycles. The molecule has 4 aromatic rings. The van der Waals surface area contributed by atoms with Crippen LogP contribution in [0.1, 0.15) is 16.1 Å². The number of nitrogens with one attached hydrogen (secondary N) is 2. The first-order chi connectivity index (χ1) is 12.7. The summed E-state index contributed by atoms with van der Waals surface area (Å²) in [6, 6.07) is 17.7. The van der Waals surface area contributed by atoms with Gasteiger partial charge in [0.1, 0.15) is 5.69 Å². The van der Waals surface area contributed by atoms with E-state index in [1.807, 2.05) is 66.2 Å². The number of imidazole rings is 1. The summed E-state index contributed by atoms with van der Waals surface area (Å²) in [6.45, 7) is 0.477. The molecule has 4 rings (SSSR count). The zero-order valence-corrected chi connectivity index (χ0v) is 15.0. The third-order valence-corrected chi connectivity index (χ3v) is 4.80. The van der Waals surface area contributed by atoms with Gasteiger partial charge >= 0.3 is 0 Å². The Labute approximate surface area is 154 Å². The van der Waals surface area contributed by atoms with Crippen LogP contribution in [0.2, 0.25) is 0 Å². The summed E-state index contributed by atoms with van der Waals surface area (Å²) < 4.78 is 1.96. The van der Waals surface area contributed by atoms with Gasteiger partial charge in [0.15, 0.2) is 5.13 Å². The summed E-state index contributed by atoms with van der Waals surface area (Å²) in [5, 5.41) is 8.45. The molecule has 2 aromatic heterocycles. The van der Waals surface area contributed by atoms with Crippen LogP contribution in [0.3, 0.4) is 0 Å². The van der Waals surface area contributed by atoms with Crippen LogP contribution in [-0.4, -0.2) is 20.4 Å². The minimum atomic E-state index is -0.192. The van der Waals surface area contributed by atoms with Gasteiger partial charge in [0, 0.05) is 19.0 Å². The second-order valence-corrected chi connectivity index (χ2v) is 6.67. The van der Waals surface area contributed by atoms with Crippen LogP contribution in [0.15, 0.2) is 60.0 Å². The minimum Gasteiger partial charge on any atom is -0.347 e. The van der Waals surface area contributed by atoms with Crippen LogP contribution in [0, 0.1) is 0 Å². The number of para-hydroxylation sites is 2. The maximum absolute atomic E-state index is 12.3. The third kappa shape index (κ3) is 3.29. The van der Waals surface area contributed by atoms with E-state index in [9.17, 15) is 4.79 Å². The number of benzene rings is 2. The van der Waals surface area contributed by atoms with E-state index < -0.39 is 0 Å². The molecule has 2 heterocycles. The highest BCUT2D eigenvalue weighted by atomic mass is 32.1. The molecule has 2 N–H and O–H groups in total. The number of nitrogens with zero attached hydrogens (tertiary/aromatic N) is 3. The highest BCUT2D eigenvalue weighted by Gasteiger charge is 2.13. The molecule has 7 heteroatoms. The molecule has 0 spiro atoms. The highest BCUT2D eigenvalue weighted by molar-refractivity contribution is 7.14. The van der Waals surface area contributed by atoms with Crippen LogP contribution >= 0.6 is 11.3 Å². The second-order valence-electron chi connectivity index (χ2n) is 5.81. The summed E-state index contributed by atoms with van der Waals surface area (Å²) in [4.78, 5) is 21.2. The zero-order chi connectivity index (χ0) is 17.9. The lowest BCUT2D eigenvalue weighted by atomic mass is 10.2. The fraction of sp³-hybridized carbons (Fsp3) is 0.105. The monoisotopic (exact) mass is 363 g/mol. The average Bonchev–Trinajstić information content (AvgIpc) is 3.26. The number of carbonyl (C=O) groups excluding carboxylic acids is 1. The summed E-state index contributed by atoms with van der Waals surface area (Å²) in [5.41, 5.74) is 3.39. The Kier molecular flexibility index (Phi) is 4.37. The Morgan fingerprint density at radius 1 is 1.08 bits per heavy atom. The lowest BCUT2D eigenvalue weighted by Gasteiger charge is -2.03. The Bertz CT molecular complexity index is 1050. The van der Waals surface area contributed by atoms with E-state index >= 15 is 0 Å². The first-order valence-corrected chi connectivity index (χ1v) is 9.05. The number of aromatic nitrogens is 3. The number of aryl methyl sites for hydroxylation is 1. The van der Waals surface area contributed by atoms with Crippen LogP contribution < -0.4 is 10.6 Å². The van der Waals surface area contributed by atoms with Gasteiger partial charge in [0.2, 0.25) is 5.95 Å². The number of fused-ring (bicyclic) bond motifs is 1. The van der Waals surface area contributed by atoms with Crippen molar-refractivity contribution in [3.63, 3.8) is 0 Å². The van der Waals surface area contributed by atoms with Crippen molar-refractivity contribution in [3.05, 3.63) is 71.2 Å². The molecule has 0 fully saturated rings. The van der Waals surface area contributed by atoms with Crippen molar-refractivity contribution in [2.45, 2.75) is 6.54 Å². The zero-order valence-electron chi connectivity index (χ0n) is 14.1. The van der Waals surface area contributed by atoms with E-state index in [1.54, 1.807) is 5.38 Å². The highest BCUT2D eigenvalue weighted by Crippen LogP contribution is 2.23. The lowest BCUT2D eigenvalue weighted by Crippen LogP contribution is -2.23. The van der Waals surface area contributed by atoms with Crippen molar-refractivity contribution < 1.29 is 4.79 Å². The van der Waals surface area contributed by atoms with Crippen LogP contribution in [0.25, 0.3) is 11.0 Å². The molecule has 0 unspecified atom stereocenters. The molecule has 0 bridgehead atoms. The van der Waals surface area contributed by atoms with E-state index in [0.29, 0.717) is 23.3 Å². The number of hydrogen-bond donors (Lipinski definition) is 2. The van der Waals surface area contributed by atoms with Crippen molar-refractivity contribution in [3.8, 4) is 0 Å². The Balaban J connectivity index is 1.45. The van der Waals surface area contributed by atoms with Gasteiger partial charge in [0.05, 0.1) is 11.0 Å². The lowest BCUT2D eigenvalue weighted by molar-refractivity contribution is 0.0946. The topological polar surface area (TPSA) is 71.8 Å². The fourth-order valence-corrected chi connectivity index (χ4v) is 3.34. The fourth-order valence-electron chi connectivity index (χ4n) is 2.66. The van der Waals surface area contributed by atoms with E-state index in [2.05, 4.69) is 20.6 Å². The summed E-state index contributed by atoms with van der Waals surface area (Å²) in [5.74, 6) is 0.500. The summed E-state index contributed by atoms with van der Waals surface area (Å²) >= 11 is 1.38. The largest absolute Gasteiger partial charge is 0.347 e. The molecule has 0 saturated heterocycles. The normalized spacial score (nSPS) is 10.8. The predicted octanol–water partition coefficient (Wildman–Crippen LogP) is 3.70. The molecule has 0 radical (unpaired) electrons. The predicted molar refractivity (Wildman–Crippen MR) is 104 cm³/mol. The van der Waals surface area contributed by atoms with Crippen LogP contribution in [-0.2, 0) is 13.6 Å². The van der Waals surface area contributed by atoms with Crippen molar-refractivity contribution >= 4 is 39.4 Å². The maximum atomic E-state index is 12.3. The second kappa shape index (κ2) is 6.97. The van der Waals surface area contributed by atoms with Gasteiger partial charge in [-0.05, 0) is 17.7 Å². The van der Waals surface area contributed by atoms with E-state index in [4.69, 9.17) is 0 Å². The summed E-state index contributed by atoms with van der Waals surface area (Å²) in [7, 11) is 1.94. The van der Waals surface area contributed by atoms with Gasteiger partial charge < -0.3 is 15.2 Å². The number of rotatable bonds is 5. The SMILES string of the molecule is Cn1c(Nc2nc(C(=O)NCc3ccccc3)cs2)nc2ccccc21. The van der Waals surface area contributed by atoms with Gasteiger partial charge in [-0.1, -0.05) is 42.5 Å². The van der Waals surface area contributed by atoms with Gasteiger partial charge in [0.25, 0.3) is 5.91 Å². The van der Waals surface area contributed by atoms with E-state index in [-0.39, 0.29) is 5.91 Å². The molecule has 26 heavy (non-hydrogen) atoms. The third-order valence-electron chi connectivity index (χ3n) is 4.04. The molecule has 1 amide bonds. The van der Waals surface area contributed by atoms with Gasteiger partial charge in [-0.15, -0.1) is 11.3 Å².